The highest BCUT2D eigenvalue weighted by atomic mass is 16.6. The van der Waals surface area contributed by atoms with Crippen LogP contribution in [0.25, 0.3) is 10.8 Å². The summed E-state index contributed by atoms with van der Waals surface area (Å²) >= 11 is 0. The van der Waals surface area contributed by atoms with Gasteiger partial charge in [0.05, 0.1) is 5.56 Å². The van der Waals surface area contributed by atoms with Gasteiger partial charge in [0.1, 0.15) is 24.9 Å². The molecule has 34 heavy (non-hydrogen) atoms. The normalized spacial score (nSPS) is 14.1. The first-order valence-electron chi connectivity index (χ1n) is 10.6. The van der Waals surface area contributed by atoms with Crippen molar-refractivity contribution in [2.45, 2.75) is 51.1 Å². The van der Waals surface area contributed by atoms with Gasteiger partial charge in [0, 0.05) is 5.56 Å². The number of fused-ring (bicyclic) bond motifs is 1. The minimum Gasteiger partial charge on any atom is -0.461 e. The number of ether oxygens (including phenoxy) is 3. The monoisotopic (exact) mass is 476 g/mol. The Bertz CT molecular complexity index is 1050. The number of aliphatic hydroxyl groups is 3. The van der Waals surface area contributed by atoms with Gasteiger partial charge in [0.15, 0.2) is 18.5 Å². The number of benzene rings is 2. The minimum atomic E-state index is -2.22. The standard InChI is InChI=1S/C24H28O10/c1-4-24(2,3)34-23(31)20(28)19(27)22(30)33-13-15(26)12-32-21(29)18-10-6-8-16-14(11-25)7-5-9-17(16)18/h5-11,15,19-20,26-28H,4,12-13H2,1-3H3. The predicted molar refractivity (Wildman–Crippen MR) is 119 cm³/mol. The fourth-order valence-electron chi connectivity index (χ4n) is 2.84. The van der Waals surface area contributed by atoms with Crippen LogP contribution in [0.5, 0.6) is 0 Å². The highest BCUT2D eigenvalue weighted by molar-refractivity contribution is 6.08. The van der Waals surface area contributed by atoms with Crippen molar-refractivity contribution in [2.75, 3.05) is 13.2 Å². The van der Waals surface area contributed by atoms with E-state index in [1.54, 1.807) is 51.1 Å². The van der Waals surface area contributed by atoms with Crippen LogP contribution in [-0.2, 0) is 23.8 Å². The maximum absolute atomic E-state index is 12.5. The van der Waals surface area contributed by atoms with Crippen molar-refractivity contribution in [3.8, 4) is 0 Å². The lowest BCUT2D eigenvalue weighted by Crippen LogP contribution is -2.44. The molecule has 0 amide bonds. The first-order chi connectivity index (χ1) is 16.0. The zero-order valence-corrected chi connectivity index (χ0v) is 19.1. The Labute approximate surface area is 196 Å². The van der Waals surface area contributed by atoms with Crippen LogP contribution >= 0.6 is 0 Å². The van der Waals surface area contributed by atoms with Crippen LogP contribution in [0.3, 0.4) is 0 Å². The van der Waals surface area contributed by atoms with Crippen molar-refractivity contribution in [3.63, 3.8) is 0 Å². The quantitative estimate of drug-likeness (QED) is 0.244. The molecule has 0 spiro atoms. The molecule has 10 nitrogen and oxygen atoms in total. The second kappa shape index (κ2) is 11.7. The molecule has 0 aliphatic rings. The number of hydrogen-bond donors (Lipinski definition) is 3. The molecule has 3 N–H and O–H groups in total. The van der Waals surface area contributed by atoms with Crippen LogP contribution in [0.1, 0.15) is 47.9 Å². The van der Waals surface area contributed by atoms with Gasteiger partial charge in [0.2, 0.25) is 0 Å². The molecular weight excluding hydrogens is 448 g/mol. The summed E-state index contributed by atoms with van der Waals surface area (Å²) in [7, 11) is 0. The molecule has 0 heterocycles. The maximum atomic E-state index is 12.5. The number of carbonyl (C=O) groups excluding carboxylic acids is 4. The number of aldehydes is 1. The first kappa shape index (κ1) is 26.9. The fraction of sp³-hybridized carbons (Fsp3) is 0.417. The average Bonchev–Trinajstić information content (AvgIpc) is 2.83. The summed E-state index contributed by atoms with van der Waals surface area (Å²) in [5.74, 6) is -3.33. The Balaban J connectivity index is 1.89. The van der Waals surface area contributed by atoms with E-state index in [1.807, 2.05) is 0 Å². The third kappa shape index (κ3) is 6.83. The zero-order chi connectivity index (χ0) is 25.5. The van der Waals surface area contributed by atoms with Gasteiger partial charge in [0.25, 0.3) is 0 Å². The molecule has 0 fully saturated rings. The van der Waals surface area contributed by atoms with Crippen molar-refractivity contribution in [1.29, 1.82) is 0 Å². The highest BCUT2D eigenvalue weighted by Gasteiger charge is 2.35. The largest absolute Gasteiger partial charge is 0.461 e. The molecule has 0 saturated carbocycles. The summed E-state index contributed by atoms with van der Waals surface area (Å²) in [6.45, 7) is 3.73. The maximum Gasteiger partial charge on any atom is 0.338 e. The van der Waals surface area contributed by atoms with Crippen LogP contribution in [0.2, 0.25) is 0 Å². The van der Waals surface area contributed by atoms with Crippen molar-refractivity contribution in [1.82, 2.24) is 0 Å². The van der Waals surface area contributed by atoms with E-state index >= 15 is 0 Å². The summed E-state index contributed by atoms with van der Waals surface area (Å²) in [5, 5.41) is 30.7. The topological polar surface area (TPSA) is 157 Å². The van der Waals surface area contributed by atoms with Gasteiger partial charge in [-0.25, -0.2) is 14.4 Å². The molecule has 184 valence electrons. The Kier molecular flexibility index (Phi) is 9.25. The molecule has 0 aliphatic heterocycles. The van der Waals surface area contributed by atoms with Gasteiger partial charge in [-0.1, -0.05) is 37.3 Å². The lowest BCUT2D eigenvalue weighted by atomic mass is 10.0. The SMILES string of the molecule is CCC(C)(C)OC(=O)C(O)C(O)C(=O)OCC(O)COC(=O)c1cccc2c(C=O)cccc12. The van der Waals surface area contributed by atoms with E-state index in [2.05, 4.69) is 0 Å². The minimum absolute atomic E-state index is 0.178. The van der Waals surface area contributed by atoms with Gasteiger partial charge >= 0.3 is 17.9 Å². The van der Waals surface area contributed by atoms with E-state index in [-0.39, 0.29) is 5.56 Å². The van der Waals surface area contributed by atoms with E-state index in [0.29, 0.717) is 29.0 Å². The van der Waals surface area contributed by atoms with E-state index in [4.69, 9.17) is 14.2 Å². The number of aliphatic hydroxyl groups excluding tert-OH is 3. The third-order valence-corrected chi connectivity index (χ3v) is 5.14. The number of rotatable bonds is 11. The van der Waals surface area contributed by atoms with E-state index in [0.717, 1.165) is 0 Å². The molecule has 2 aromatic carbocycles. The lowest BCUT2D eigenvalue weighted by Gasteiger charge is -2.26. The molecule has 0 radical (unpaired) electrons. The fourth-order valence-corrected chi connectivity index (χ4v) is 2.84. The van der Waals surface area contributed by atoms with Crippen molar-refractivity contribution in [2.24, 2.45) is 0 Å². The zero-order valence-electron chi connectivity index (χ0n) is 19.1. The van der Waals surface area contributed by atoms with Crippen LogP contribution in [0.15, 0.2) is 36.4 Å². The molecular formula is C24H28O10. The van der Waals surface area contributed by atoms with E-state index in [1.165, 1.54) is 6.07 Å². The van der Waals surface area contributed by atoms with Crippen LogP contribution in [0.4, 0.5) is 0 Å². The summed E-state index contributed by atoms with van der Waals surface area (Å²) in [6.07, 6.45) is -4.73. The number of esters is 3. The predicted octanol–water partition coefficient (Wildman–Crippen LogP) is 1.17. The van der Waals surface area contributed by atoms with Gasteiger partial charge in [-0.2, -0.15) is 0 Å². The molecule has 10 heteroatoms. The van der Waals surface area contributed by atoms with Crippen molar-refractivity contribution < 1.29 is 48.7 Å². The molecule has 2 rings (SSSR count). The van der Waals surface area contributed by atoms with E-state index < -0.39 is 55.0 Å². The Morgan fingerprint density at radius 2 is 1.50 bits per heavy atom. The summed E-state index contributed by atoms with van der Waals surface area (Å²) in [4.78, 5) is 47.4. The van der Waals surface area contributed by atoms with Gasteiger partial charge in [-0.15, -0.1) is 0 Å². The third-order valence-electron chi connectivity index (χ3n) is 5.14. The van der Waals surface area contributed by atoms with Crippen molar-refractivity contribution in [3.05, 3.63) is 47.5 Å². The smallest absolute Gasteiger partial charge is 0.338 e. The lowest BCUT2D eigenvalue weighted by molar-refractivity contribution is -0.182. The van der Waals surface area contributed by atoms with Crippen LogP contribution < -0.4 is 0 Å². The second-order valence-corrected chi connectivity index (χ2v) is 8.17. The average molecular weight is 476 g/mol. The molecule has 0 saturated heterocycles. The van der Waals surface area contributed by atoms with Crippen LogP contribution in [0, 0.1) is 0 Å². The number of hydrogen-bond acceptors (Lipinski definition) is 10. The van der Waals surface area contributed by atoms with E-state index in [9.17, 15) is 34.5 Å². The Morgan fingerprint density at radius 1 is 0.912 bits per heavy atom. The molecule has 0 aliphatic carbocycles. The summed E-state index contributed by atoms with van der Waals surface area (Å²) in [6, 6.07) is 9.65. The van der Waals surface area contributed by atoms with Gasteiger partial charge in [-0.3, -0.25) is 4.79 Å². The molecule has 3 atom stereocenters. The molecule has 2 aromatic rings. The Hall–Kier alpha value is -3.34. The molecule has 3 unspecified atom stereocenters. The van der Waals surface area contributed by atoms with Gasteiger partial charge < -0.3 is 29.5 Å². The Morgan fingerprint density at radius 3 is 2.15 bits per heavy atom. The molecule has 0 aromatic heterocycles. The highest BCUT2D eigenvalue weighted by Crippen LogP contribution is 2.22. The summed E-state index contributed by atoms with van der Waals surface area (Å²) < 4.78 is 14.8. The second-order valence-electron chi connectivity index (χ2n) is 8.17. The summed E-state index contributed by atoms with van der Waals surface area (Å²) in [5.41, 5.74) is -0.319. The molecule has 0 bridgehead atoms. The van der Waals surface area contributed by atoms with Gasteiger partial charge in [-0.05, 0) is 37.1 Å². The first-order valence-corrected chi connectivity index (χ1v) is 10.6. The number of carbonyl (C=O) groups is 4. The van der Waals surface area contributed by atoms with Crippen molar-refractivity contribution >= 4 is 35.0 Å². The van der Waals surface area contributed by atoms with Crippen LogP contribution in [-0.4, -0.2) is 76.6 Å².